The molecule has 4 nitrogen and oxygen atoms in total. The fraction of sp³-hybridized carbons (Fsp3) is 0.135. The van der Waals surface area contributed by atoms with Gasteiger partial charge < -0.3 is 10.0 Å². The average molecular weight is 728 g/mol. The summed E-state index contributed by atoms with van der Waals surface area (Å²) in [6.07, 6.45) is 1.86. The van der Waals surface area contributed by atoms with Crippen LogP contribution in [0.15, 0.2) is 103 Å². The minimum absolute atomic E-state index is 0. The van der Waals surface area contributed by atoms with Crippen LogP contribution in [0.25, 0.3) is 33.3 Å². The fourth-order valence-electron chi connectivity index (χ4n) is 6.09. The zero-order valence-corrected chi connectivity index (χ0v) is 26.2. The quantitative estimate of drug-likeness (QED) is 0.185. The Labute approximate surface area is 261 Å². The van der Waals surface area contributed by atoms with E-state index in [-0.39, 0.29) is 32.2 Å². The molecule has 1 N–H and O–H groups in total. The van der Waals surface area contributed by atoms with Crippen molar-refractivity contribution >= 4 is 28.1 Å². The number of hydrogen-bond acceptors (Lipinski definition) is 4. The Balaban J connectivity index is 0.00000316. The Bertz CT molecular complexity index is 1970. The molecule has 7 rings (SSSR count). The van der Waals surface area contributed by atoms with Gasteiger partial charge in [-0.05, 0) is 77.2 Å². The van der Waals surface area contributed by atoms with Crippen LogP contribution in [-0.2, 0) is 26.5 Å². The number of aromatic nitrogens is 2. The first-order chi connectivity index (χ1) is 19.8. The van der Waals surface area contributed by atoms with Crippen LogP contribution in [0.2, 0.25) is 0 Å². The van der Waals surface area contributed by atoms with Crippen LogP contribution >= 0.6 is 0 Å². The number of pyridine rings is 2. The van der Waals surface area contributed by atoms with E-state index in [1.807, 2.05) is 60.8 Å². The summed E-state index contributed by atoms with van der Waals surface area (Å²) < 4.78 is 0. The molecule has 5 heteroatoms. The second kappa shape index (κ2) is 10.5. The van der Waals surface area contributed by atoms with Crippen molar-refractivity contribution in [3.8, 4) is 28.1 Å². The normalized spacial score (nSPS) is 13.3. The SMILES string of the molecule is Cc1ccnc(N2c3[c-]c(-c4ccc5c(C)cc(-c6ccccc6)c(O)c5n4)ccc3C(C)(C)c3ccccc32)c1.[Pt]. The van der Waals surface area contributed by atoms with E-state index >= 15 is 0 Å². The molecule has 0 bridgehead atoms. The number of phenolic OH excluding ortho intramolecular Hbond substituents is 1. The predicted molar refractivity (Wildman–Crippen MR) is 167 cm³/mol. The number of anilines is 3. The minimum Gasteiger partial charge on any atom is -0.505 e. The third kappa shape index (κ3) is 4.42. The van der Waals surface area contributed by atoms with Crippen LogP contribution < -0.4 is 4.90 Å². The molecule has 0 unspecified atom stereocenters. The molecule has 0 spiro atoms. The molecule has 1 aliphatic rings. The average Bonchev–Trinajstić information content (AvgIpc) is 2.99. The minimum atomic E-state index is -0.224. The first-order valence-corrected chi connectivity index (χ1v) is 13.9. The van der Waals surface area contributed by atoms with Gasteiger partial charge in [0.1, 0.15) is 17.1 Å². The first kappa shape index (κ1) is 27.9. The third-order valence-electron chi connectivity index (χ3n) is 8.29. The Morgan fingerprint density at radius 3 is 2.36 bits per heavy atom. The summed E-state index contributed by atoms with van der Waals surface area (Å²) in [5.41, 5.74) is 10.4. The van der Waals surface area contributed by atoms with Crippen molar-refractivity contribution in [1.29, 1.82) is 0 Å². The molecule has 0 radical (unpaired) electrons. The molecular weight excluding hydrogens is 698 g/mol. The van der Waals surface area contributed by atoms with Gasteiger partial charge in [0.2, 0.25) is 0 Å². The molecule has 42 heavy (non-hydrogen) atoms. The second-order valence-corrected chi connectivity index (χ2v) is 11.4. The summed E-state index contributed by atoms with van der Waals surface area (Å²) in [6, 6.07) is 36.7. The van der Waals surface area contributed by atoms with Gasteiger partial charge in [-0.2, -0.15) is 0 Å². The van der Waals surface area contributed by atoms with Gasteiger partial charge in [0.15, 0.2) is 0 Å². The summed E-state index contributed by atoms with van der Waals surface area (Å²) in [7, 11) is 0. The molecule has 6 aromatic rings. The van der Waals surface area contributed by atoms with Crippen molar-refractivity contribution in [3.05, 3.63) is 132 Å². The molecule has 0 aliphatic carbocycles. The van der Waals surface area contributed by atoms with Gasteiger partial charge in [0.05, 0.1) is 0 Å². The van der Waals surface area contributed by atoms with Crippen LogP contribution in [0.1, 0.15) is 36.1 Å². The molecule has 4 aromatic carbocycles. The predicted octanol–water partition coefficient (Wildman–Crippen LogP) is 9.19. The Kier molecular flexibility index (Phi) is 6.99. The van der Waals surface area contributed by atoms with Crippen molar-refractivity contribution < 1.29 is 26.2 Å². The van der Waals surface area contributed by atoms with Crippen molar-refractivity contribution in [2.24, 2.45) is 0 Å². The number of benzene rings is 4. The zero-order chi connectivity index (χ0) is 28.3. The van der Waals surface area contributed by atoms with Gasteiger partial charge >= 0.3 is 0 Å². The van der Waals surface area contributed by atoms with E-state index in [2.05, 4.69) is 81.1 Å². The fourth-order valence-corrected chi connectivity index (χ4v) is 6.09. The number of para-hydroxylation sites is 1. The Hall–Kier alpha value is -4.27. The van der Waals surface area contributed by atoms with E-state index in [9.17, 15) is 5.11 Å². The van der Waals surface area contributed by atoms with Gasteiger partial charge in [-0.1, -0.05) is 80.1 Å². The number of rotatable bonds is 3. The Morgan fingerprint density at radius 1 is 0.810 bits per heavy atom. The number of aryl methyl sites for hydroxylation is 2. The second-order valence-electron chi connectivity index (χ2n) is 11.4. The summed E-state index contributed by atoms with van der Waals surface area (Å²) in [5.74, 6) is 1.05. The maximum Gasteiger partial charge on any atom is 0.148 e. The molecule has 0 saturated carbocycles. The molecule has 2 aromatic heterocycles. The van der Waals surface area contributed by atoms with Crippen LogP contribution in [0.4, 0.5) is 17.2 Å². The van der Waals surface area contributed by atoms with E-state index in [1.165, 1.54) is 11.1 Å². The van der Waals surface area contributed by atoms with Crippen LogP contribution in [0.3, 0.4) is 0 Å². The topological polar surface area (TPSA) is 49.2 Å². The molecule has 1 aliphatic heterocycles. The van der Waals surface area contributed by atoms with E-state index in [0.29, 0.717) is 5.52 Å². The molecule has 0 amide bonds. The van der Waals surface area contributed by atoms with Gasteiger partial charge in [-0.15, -0.1) is 23.8 Å². The molecule has 0 fully saturated rings. The molecule has 0 atom stereocenters. The van der Waals surface area contributed by atoms with E-state index in [0.717, 1.165) is 56.1 Å². The van der Waals surface area contributed by atoms with Crippen molar-refractivity contribution in [2.45, 2.75) is 33.1 Å². The van der Waals surface area contributed by atoms with E-state index in [4.69, 9.17) is 9.97 Å². The number of phenols is 1. The monoisotopic (exact) mass is 727 g/mol. The molecular formula is C37H30N3OPt-. The van der Waals surface area contributed by atoms with E-state index in [1.54, 1.807) is 0 Å². The van der Waals surface area contributed by atoms with E-state index < -0.39 is 0 Å². The number of hydrogen-bond donors (Lipinski definition) is 1. The molecule has 0 saturated heterocycles. The maximum absolute atomic E-state index is 11.4. The third-order valence-corrected chi connectivity index (χ3v) is 8.29. The largest absolute Gasteiger partial charge is 0.505 e. The summed E-state index contributed by atoms with van der Waals surface area (Å²) >= 11 is 0. The summed E-state index contributed by atoms with van der Waals surface area (Å²) in [6.45, 7) is 8.68. The smallest absolute Gasteiger partial charge is 0.148 e. The maximum atomic E-state index is 11.4. The standard InChI is InChI=1S/C37H30N3O.Pt/c1-23-18-19-38-34(20-23)40-32-13-9-8-12-29(32)37(3,4)30-16-14-26(22-33(30)40)31-17-15-27-24(2)21-28(36(41)35(27)39-31)25-10-6-5-7-11-25;/h5-21,41H,1-4H3;/q-1;. The molecule has 3 heterocycles. The summed E-state index contributed by atoms with van der Waals surface area (Å²) in [5, 5.41) is 12.3. The molecule has 210 valence electrons. The van der Waals surface area contributed by atoms with Crippen molar-refractivity contribution in [1.82, 2.24) is 9.97 Å². The first-order valence-electron chi connectivity index (χ1n) is 13.9. The van der Waals surface area contributed by atoms with Crippen molar-refractivity contribution in [3.63, 3.8) is 0 Å². The van der Waals surface area contributed by atoms with Gasteiger partial charge in [-0.25, -0.2) is 4.98 Å². The van der Waals surface area contributed by atoms with Crippen LogP contribution in [0, 0.1) is 19.9 Å². The summed E-state index contributed by atoms with van der Waals surface area (Å²) in [4.78, 5) is 12.0. The number of fused-ring (bicyclic) bond motifs is 3. The number of nitrogens with zero attached hydrogens (tertiary/aromatic N) is 3. The van der Waals surface area contributed by atoms with Crippen LogP contribution in [-0.4, -0.2) is 15.1 Å². The number of aromatic hydroxyl groups is 1. The van der Waals surface area contributed by atoms with Gasteiger partial charge in [0.25, 0.3) is 0 Å². The van der Waals surface area contributed by atoms with Crippen molar-refractivity contribution in [2.75, 3.05) is 4.90 Å². The van der Waals surface area contributed by atoms with Crippen LogP contribution in [0.5, 0.6) is 5.75 Å². The Morgan fingerprint density at radius 2 is 1.57 bits per heavy atom. The van der Waals surface area contributed by atoms with Gasteiger partial charge in [-0.3, -0.25) is 4.98 Å². The van der Waals surface area contributed by atoms with Gasteiger partial charge in [0, 0.05) is 43.9 Å². The zero-order valence-electron chi connectivity index (χ0n) is 23.9.